The third-order valence-electron chi connectivity index (χ3n) is 1.93. The fourth-order valence-corrected chi connectivity index (χ4v) is 1.18. The number of halogens is 3. The quantitative estimate of drug-likeness (QED) is 0.814. The zero-order valence-electron chi connectivity index (χ0n) is 8.84. The lowest BCUT2D eigenvalue weighted by Gasteiger charge is -2.21. The molecule has 0 aliphatic rings. The number of hydrogen-bond acceptors (Lipinski definition) is 3. The molecule has 0 aromatic heterocycles. The van der Waals surface area contributed by atoms with Gasteiger partial charge in [-0.25, -0.2) is 0 Å². The maximum Gasteiger partial charge on any atom is 0.433 e. The molecule has 0 saturated heterocycles. The third kappa shape index (κ3) is 3.03. The van der Waals surface area contributed by atoms with Crippen LogP contribution in [0.15, 0.2) is 24.3 Å². The molecule has 1 atom stereocenters. The largest absolute Gasteiger partial charge is 0.495 e. The van der Waals surface area contributed by atoms with Gasteiger partial charge in [0, 0.05) is 7.11 Å². The summed E-state index contributed by atoms with van der Waals surface area (Å²) in [5, 5.41) is 2.22. The molecule has 1 unspecified atom stereocenters. The van der Waals surface area contributed by atoms with E-state index in [1.54, 1.807) is 18.2 Å². The second-order valence-electron chi connectivity index (χ2n) is 3.00. The summed E-state index contributed by atoms with van der Waals surface area (Å²) in [7, 11) is 2.37. The van der Waals surface area contributed by atoms with Gasteiger partial charge in [0.25, 0.3) is 0 Å². The summed E-state index contributed by atoms with van der Waals surface area (Å²) < 4.78 is 46.5. The molecule has 3 nitrogen and oxygen atoms in total. The molecule has 16 heavy (non-hydrogen) atoms. The van der Waals surface area contributed by atoms with Crippen molar-refractivity contribution in [2.45, 2.75) is 12.4 Å². The molecule has 1 aromatic rings. The van der Waals surface area contributed by atoms with Gasteiger partial charge in [0.2, 0.25) is 6.23 Å². The highest BCUT2D eigenvalue weighted by atomic mass is 19.4. The molecule has 90 valence electrons. The van der Waals surface area contributed by atoms with E-state index in [1.165, 1.54) is 13.2 Å². The van der Waals surface area contributed by atoms with Gasteiger partial charge in [-0.3, -0.25) is 0 Å². The van der Waals surface area contributed by atoms with Crippen LogP contribution >= 0.6 is 0 Å². The van der Waals surface area contributed by atoms with Crippen molar-refractivity contribution in [1.82, 2.24) is 0 Å². The highest BCUT2D eigenvalue weighted by Gasteiger charge is 2.40. The van der Waals surface area contributed by atoms with Crippen molar-refractivity contribution in [1.29, 1.82) is 0 Å². The molecule has 0 heterocycles. The van der Waals surface area contributed by atoms with Crippen LogP contribution in [0.2, 0.25) is 0 Å². The van der Waals surface area contributed by atoms with Crippen molar-refractivity contribution >= 4 is 5.69 Å². The molecule has 0 fully saturated rings. The Morgan fingerprint density at radius 3 is 2.31 bits per heavy atom. The fraction of sp³-hybridized carbons (Fsp3) is 0.400. The maximum absolute atomic E-state index is 12.4. The van der Waals surface area contributed by atoms with Gasteiger partial charge in [-0.15, -0.1) is 0 Å². The van der Waals surface area contributed by atoms with Crippen LogP contribution < -0.4 is 10.1 Å². The lowest BCUT2D eigenvalue weighted by molar-refractivity contribution is -0.202. The van der Waals surface area contributed by atoms with Gasteiger partial charge in [-0.1, -0.05) is 12.1 Å². The number of hydrogen-bond donors (Lipinski definition) is 1. The van der Waals surface area contributed by atoms with Crippen molar-refractivity contribution in [2.75, 3.05) is 19.5 Å². The molecule has 1 aromatic carbocycles. The number of para-hydroxylation sites is 2. The molecule has 0 aliphatic heterocycles. The highest BCUT2D eigenvalue weighted by Crippen LogP contribution is 2.29. The van der Waals surface area contributed by atoms with Crippen LogP contribution in [0.5, 0.6) is 5.75 Å². The molecule has 0 aliphatic carbocycles. The molecule has 0 bridgehead atoms. The van der Waals surface area contributed by atoms with Crippen LogP contribution in [0.4, 0.5) is 18.9 Å². The minimum absolute atomic E-state index is 0.231. The van der Waals surface area contributed by atoms with Gasteiger partial charge < -0.3 is 14.8 Å². The van der Waals surface area contributed by atoms with E-state index in [0.717, 1.165) is 7.11 Å². The van der Waals surface area contributed by atoms with Crippen molar-refractivity contribution < 1.29 is 22.6 Å². The Morgan fingerprint density at radius 1 is 1.19 bits per heavy atom. The Balaban J connectivity index is 2.86. The average molecular weight is 235 g/mol. The summed E-state index contributed by atoms with van der Waals surface area (Å²) in [6, 6.07) is 6.31. The first-order valence-electron chi connectivity index (χ1n) is 4.48. The van der Waals surface area contributed by atoms with E-state index in [1.807, 2.05) is 0 Å². The van der Waals surface area contributed by atoms with E-state index in [9.17, 15) is 13.2 Å². The van der Waals surface area contributed by atoms with Crippen LogP contribution in [0, 0.1) is 0 Å². The molecule has 0 radical (unpaired) electrons. The van der Waals surface area contributed by atoms with Crippen molar-refractivity contribution in [3.05, 3.63) is 24.3 Å². The number of nitrogens with one attached hydrogen (secondary N) is 1. The summed E-state index contributed by atoms with van der Waals surface area (Å²) in [4.78, 5) is 0. The minimum Gasteiger partial charge on any atom is -0.495 e. The van der Waals surface area contributed by atoms with Crippen molar-refractivity contribution in [2.24, 2.45) is 0 Å². The molecule has 1 N–H and O–H groups in total. The van der Waals surface area contributed by atoms with E-state index in [2.05, 4.69) is 10.1 Å². The standard InChI is InChI=1S/C10H12F3NO2/c1-15-8-6-4-3-5-7(8)14-9(16-2)10(11,12)13/h3-6,9,14H,1-2H3. The first-order valence-corrected chi connectivity index (χ1v) is 4.48. The monoisotopic (exact) mass is 235 g/mol. The molecular weight excluding hydrogens is 223 g/mol. The van der Waals surface area contributed by atoms with E-state index < -0.39 is 12.4 Å². The molecule has 0 spiro atoms. The number of ether oxygens (including phenoxy) is 2. The molecule has 0 amide bonds. The number of methoxy groups -OCH3 is 2. The Morgan fingerprint density at radius 2 is 1.81 bits per heavy atom. The van der Waals surface area contributed by atoms with E-state index in [-0.39, 0.29) is 5.69 Å². The average Bonchev–Trinajstić information content (AvgIpc) is 2.24. The second kappa shape index (κ2) is 5.07. The summed E-state index contributed by atoms with van der Waals surface area (Å²) >= 11 is 0. The first-order chi connectivity index (χ1) is 7.49. The smallest absolute Gasteiger partial charge is 0.433 e. The van der Waals surface area contributed by atoms with Gasteiger partial charge >= 0.3 is 6.18 Å². The summed E-state index contributed by atoms with van der Waals surface area (Å²) in [5.74, 6) is 0.328. The normalized spacial score (nSPS) is 13.3. The Labute approximate surface area is 91.2 Å². The van der Waals surface area contributed by atoms with Crippen LogP contribution in [0.25, 0.3) is 0 Å². The minimum atomic E-state index is -4.48. The predicted molar refractivity (Wildman–Crippen MR) is 53.5 cm³/mol. The lowest BCUT2D eigenvalue weighted by atomic mass is 10.3. The van der Waals surface area contributed by atoms with Crippen molar-refractivity contribution in [3.63, 3.8) is 0 Å². The number of alkyl halides is 3. The van der Waals surface area contributed by atoms with Crippen LogP contribution in [0.1, 0.15) is 0 Å². The second-order valence-corrected chi connectivity index (χ2v) is 3.00. The zero-order valence-corrected chi connectivity index (χ0v) is 8.84. The SMILES string of the molecule is COc1ccccc1NC(OC)C(F)(F)F. The lowest BCUT2D eigenvalue weighted by Crippen LogP contribution is -2.37. The highest BCUT2D eigenvalue weighted by molar-refractivity contribution is 5.56. The molecular formula is C10H12F3NO2. The zero-order chi connectivity index (χ0) is 12.2. The Bertz CT molecular complexity index is 341. The molecule has 0 saturated carbocycles. The predicted octanol–water partition coefficient (Wildman–Crippen LogP) is 2.64. The summed E-state index contributed by atoms with van der Waals surface area (Å²) in [5.41, 5.74) is 0.231. The van der Waals surface area contributed by atoms with Gasteiger partial charge in [0.15, 0.2) is 0 Å². The molecule has 1 rings (SSSR count). The summed E-state index contributed by atoms with van der Waals surface area (Å²) in [6.07, 6.45) is -6.53. The Kier molecular flexibility index (Phi) is 4.00. The van der Waals surface area contributed by atoms with Crippen LogP contribution in [-0.2, 0) is 4.74 Å². The number of anilines is 1. The number of rotatable bonds is 4. The van der Waals surface area contributed by atoms with Gasteiger partial charge in [0.1, 0.15) is 5.75 Å². The van der Waals surface area contributed by atoms with E-state index in [4.69, 9.17) is 4.74 Å². The summed E-state index contributed by atoms with van der Waals surface area (Å²) in [6.45, 7) is 0. The molecule has 6 heteroatoms. The fourth-order valence-electron chi connectivity index (χ4n) is 1.18. The van der Waals surface area contributed by atoms with Gasteiger partial charge in [0.05, 0.1) is 12.8 Å². The van der Waals surface area contributed by atoms with Gasteiger partial charge in [-0.2, -0.15) is 13.2 Å². The van der Waals surface area contributed by atoms with Crippen molar-refractivity contribution in [3.8, 4) is 5.75 Å². The van der Waals surface area contributed by atoms with Gasteiger partial charge in [-0.05, 0) is 12.1 Å². The van der Waals surface area contributed by atoms with E-state index in [0.29, 0.717) is 5.75 Å². The topological polar surface area (TPSA) is 30.5 Å². The van der Waals surface area contributed by atoms with Crippen LogP contribution in [-0.4, -0.2) is 26.6 Å². The first kappa shape index (κ1) is 12.6. The Hall–Kier alpha value is -1.43. The van der Waals surface area contributed by atoms with Crippen LogP contribution in [0.3, 0.4) is 0 Å². The maximum atomic E-state index is 12.4. The van der Waals surface area contributed by atoms with E-state index >= 15 is 0 Å². The third-order valence-corrected chi connectivity index (χ3v) is 1.93. The number of benzene rings is 1.